The van der Waals surface area contributed by atoms with Gasteiger partial charge in [0, 0.05) is 19.4 Å². The van der Waals surface area contributed by atoms with Crippen molar-refractivity contribution in [1.82, 2.24) is 0 Å². The average molecular weight is 279 g/mol. The van der Waals surface area contributed by atoms with Crippen molar-refractivity contribution < 1.29 is 9.47 Å². The van der Waals surface area contributed by atoms with Gasteiger partial charge in [-0.05, 0) is 18.1 Å². The lowest BCUT2D eigenvalue weighted by Gasteiger charge is -2.34. The Morgan fingerprint density at radius 1 is 1.26 bits per heavy atom. The van der Waals surface area contributed by atoms with Crippen LogP contribution >= 0.6 is 11.6 Å². The number of allylic oxidation sites excluding steroid dienone is 2. The van der Waals surface area contributed by atoms with Crippen molar-refractivity contribution in [3.05, 3.63) is 60.2 Å². The van der Waals surface area contributed by atoms with E-state index in [4.69, 9.17) is 21.1 Å². The molecule has 1 aliphatic rings. The fourth-order valence-corrected chi connectivity index (χ4v) is 2.37. The van der Waals surface area contributed by atoms with Gasteiger partial charge in [0.1, 0.15) is 0 Å². The second-order valence-corrected chi connectivity index (χ2v) is 4.88. The second-order valence-electron chi connectivity index (χ2n) is 4.50. The van der Waals surface area contributed by atoms with Crippen LogP contribution in [0.5, 0.6) is 0 Å². The molecule has 0 aromatic heterocycles. The molecule has 0 saturated carbocycles. The monoisotopic (exact) mass is 278 g/mol. The zero-order valence-electron chi connectivity index (χ0n) is 11.1. The molecule has 1 aromatic carbocycles. The standard InChI is InChI=1S/C16H19ClO2/c1-18-16(11-6-3-7-12-16)19-15(10-13-17)14-8-4-2-5-9-14/h2-9,11,15H,10,12-13H2,1H3. The van der Waals surface area contributed by atoms with Gasteiger partial charge >= 0.3 is 0 Å². The van der Waals surface area contributed by atoms with E-state index in [0.29, 0.717) is 12.3 Å². The Hall–Kier alpha value is -1.09. The minimum Gasteiger partial charge on any atom is -0.349 e. The van der Waals surface area contributed by atoms with Gasteiger partial charge in [-0.15, -0.1) is 11.6 Å². The maximum absolute atomic E-state index is 6.21. The van der Waals surface area contributed by atoms with Crippen LogP contribution in [0.25, 0.3) is 0 Å². The van der Waals surface area contributed by atoms with Gasteiger partial charge in [-0.2, -0.15) is 0 Å². The quantitative estimate of drug-likeness (QED) is 0.573. The second kappa shape index (κ2) is 6.90. The van der Waals surface area contributed by atoms with Gasteiger partial charge in [-0.3, -0.25) is 0 Å². The van der Waals surface area contributed by atoms with Crippen molar-refractivity contribution in [1.29, 1.82) is 0 Å². The van der Waals surface area contributed by atoms with E-state index in [1.807, 2.05) is 42.5 Å². The molecule has 0 saturated heterocycles. The molecular formula is C16H19ClO2. The molecule has 2 rings (SSSR count). The Morgan fingerprint density at radius 2 is 2.05 bits per heavy atom. The summed E-state index contributed by atoms with van der Waals surface area (Å²) in [7, 11) is 1.67. The Labute approximate surface area is 119 Å². The number of ether oxygens (including phenoxy) is 2. The van der Waals surface area contributed by atoms with E-state index in [-0.39, 0.29) is 6.10 Å². The molecule has 0 spiro atoms. The number of hydrogen-bond donors (Lipinski definition) is 0. The van der Waals surface area contributed by atoms with Crippen LogP contribution in [0.3, 0.4) is 0 Å². The van der Waals surface area contributed by atoms with Gasteiger partial charge in [0.2, 0.25) is 0 Å². The molecule has 0 aliphatic heterocycles. The van der Waals surface area contributed by atoms with Gasteiger partial charge in [-0.1, -0.05) is 48.6 Å². The molecule has 19 heavy (non-hydrogen) atoms. The van der Waals surface area contributed by atoms with Crippen LogP contribution in [-0.2, 0) is 9.47 Å². The summed E-state index contributed by atoms with van der Waals surface area (Å²) in [6.45, 7) is 0. The minimum absolute atomic E-state index is 0.0604. The van der Waals surface area contributed by atoms with Crippen LogP contribution in [0.1, 0.15) is 24.5 Å². The van der Waals surface area contributed by atoms with Crippen molar-refractivity contribution in [2.45, 2.75) is 24.7 Å². The Morgan fingerprint density at radius 3 is 2.63 bits per heavy atom. The van der Waals surface area contributed by atoms with Crippen LogP contribution in [-0.4, -0.2) is 18.8 Å². The van der Waals surface area contributed by atoms with E-state index >= 15 is 0 Å². The fourth-order valence-electron chi connectivity index (χ4n) is 2.17. The smallest absolute Gasteiger partial charge is 0.191 e. The molecule has 0 radical (unpaired) electrons. The maximum atomic E-state index is 6.21. The number of hydrogen-bond acceptors (Lipinski definition) is 2. The molecule has 0 fully saturated rings. The van der Waals surface area contributed by atoms with Crippen LogP contribution in [0.4, 0.5) is 0 Å². The van der Waals surface area contributed by atoms with Crippen molar-refractivity contribution in [2.24, 2.45) is 0 Å². The predicted octanol–water partition coefficient (Wildman–Crippen LogP) is 4.23. The van der Waals surface area contributed by atoms with Gasteiger partial charge in [0.15, 0.2) is 5.79 Å². The van der Waals surface area contributed by atoms with E-state index in [9.17, 15) is 0 Å². The molecule has 3 heteroatoms. The van der Waals surface area contributed by atoms with E-state index in [0.717, 1.165) is 12.0 Å². The zero-order chi connectivity index (χ0) is 13.6. The minimum atomic E-state index is -0.679. The number of alkyl halides is 1. The number of rotatable bonds is 6. The highest BCUT2D eigenvalue weighted by atomic mass is 35.5. The zero-order valence-corrected chi connectivity index (χ0v) is 11.8. The molecule has 1 aliphatic carbocycles. The predicted molar refractivity (Wildman–Crippen MR) is 78.2 cm³/mol. The molecule has 0 bridgehead atoms. The molecule has 0 heterocycles. The van der Waals surface area contributed by atoms with E-state index < -0.39 is 5.79 Å². The van der Waals surface area contributed by atoms with Gasteiger partial charge in [0.25, 0.3) is 0 Å². The largest absolute Gasteiger partial charge is 0.349 e. The molecule has 0 amide bonds. The molecule has 1 aromatic rings. The number of benzene rings is 1. The lowest BCUT2D eigenvalue weighted by molar-refractivity contribution is -0.215. The molecule has 102 valence electrons. The Kier molecular flexibility index (Phi) is 5.20. The first-order valence-electron chi connectivity index (χ1n) is 6.48. The average Bonchev–Trinajstić information content (AvgIpc) is 2.49. The third-order valence-electron chi connectivity index (χ3n) is 3.23. The van der Waals surface area contributed by atoms with Crippen molar-refractivity contribution in [3.63, 3.8) is 0 Å². The normalized spacial score (nSPS) is 23.5. The SMILES string of the molecule is COC1(OC(CCCl)c2ccccc2)C=CC=CC1. The third kappa shape index (κ3) is 3.69. The summed E-state index contributed by atoms with van der Waals surface area (Å²) in [4.78, 5) is 0. The molecule has 0 N–H and O–H groups in total. The summed E-state index contributed by atoms with van der Waals surface area (Å²) in [5.41, 5.74) is 1.13. The Bertz CT molecular complexity index is 441. The van der Waals surface area contributed by atoms with Crippen molar-refractivity contribution in [3.8, 4) is 0 Å². The van der Waals surface area contributed by atoms with E-state index in [1.54, 1.807) is 7.11 Å². The van der Waals surface area contributed by atoms with Gasteiger partial charge in [0.05, 0.1) is 6.10 Å². The third-order valence-corrected chi connectivity index (χ3v) is 3.45. The summed E-state index contributed by atoms with van der Waals surface area (Å²) in [5, 5.41) is 0. The van der Waals surface area contributed by atoms with Gasteiger partial charge < -0.3 is 9.47 Å². The summed E-state index contributed by atoms with van der Waals surface area (Å²) >= 11 is 5.90. The van der Waals surface area contributed by atoms with Crippen molar-refractivity contribution in [2.75, 3.05) is 13.0 Å². The fraction of sp³-hybridized carbons (Fsp3) is 0.375. The molecule has 2 unspecified atom stereocenters. The molecule has 2 atom stereocenters. The molecular weight excluding hydrogens is 260 g/mol. The van der Waals surface area contributed by atoms with Crippen LogP contribution in [0.2, 0.25) is 0 Å². The summed E-state index contributed by atoms with van der Waals surface area (Å²) < 4.78 is 11.8. The van der Waals surface area contributed by atoms with E-state index in [2.05, 4.69) is 12.1 Å². The first kappa shape index (κ1) is 14.3. The first-order chi connectivity index (χ1) is 9.29. The Balaban J connectivity index is 2.16. The lowest BCUT2D eigenvalue weighted by atomic mass is 10.0. The maximum Gasteiger partial charge on any atom is 0.191 e. The van der Waals surface area contributed by atoms with Crippen LogP contribution < -0.4 is 0 Å². The summed E-state index contributed by atoms with van der Waals surface area (Å²) in [5.74, 6) is -0.125. The summed E-state index contributed by atoms with van der Waals surface area (Å²) in [6.07, 6.45) is 9.37. The first-order valence-corrected chi connectivity index (χ1v) is 7.01. The highest BCUT2D eigenvalue weighted by molar-refractivity contribution is 6.17. The highest BCUT2D eigenvalue weighted by Crippen LogP contribution is 2.32. The summed E-state index contributed by atoms with van der Waals surface area (Å²) in [6, 6.07) is 10.1. The van der Waals surface area contributed by atoms with Crippen LogP contribution in [0.15, 0.2) is 54.6 Å². The van der Waals surface area contributed by atoms with Crippen molar-refractivity contribution >= 4 is 11.6 Å². The highest BCUT2D eigenvalue weighted by Gasteiger charge is 2.31. The van der Waals surface area contributed by atoms with Crippen LogP contribution in [0, 0.1) is 0 Å². The number of methoxy groups -OCH3 is 1. The number of halogens is 1. The topological polar surface area (TPSA) is 18.5 Å². The lowest BCUT2D eigenvalue weighted by Crippen LogP contribution is -2.34. The van der Waals surface area contributed by atoms with Gasteiger partial charge in [-0.25, -0.2) is 0 Å². The molecule has 2 nitrogen and oxygen atoms in total. The van der Waals surface area contributed by atoms with E-state index in [1.165, 1.54) is 0 Å².